The number of rotatable bonds is 6. The van der Waals surface area contributed by atoms with Crippen LogP contribution in [-0.2, 0) is 0 Å². The van der Waals surface area contributed by atoms with Gasteiger partial charge in [-0.05, 0) is 38.4 Å². The van der Waals surface area contributed by atoms with Gasteiger partial charge in [0.05, 0.1) is 7.11 Å². The van der Waals surface area contributed by atoms with Crippen molar-refractivity contribution in [2.24, 2.45) is 5.73 Å². The predicted octanol–water partition coefficient (Wildman–Crippen LogP) is 2.28. The average molecular weight is 278 g/mol. The second-order valence-electron chi connectivity index (χ2n) is 5.46. The van der Waals surface area contributed by atoms with Crippen molar-refractivity contribution in [1.82, 2.24) is 4.90 Å². The summed E-state index contributed by atoms with van der Waals surface area (Å²) in [4.78, 5) is 2.46. The first-order valence-corrected chi connectivity index (χ1v) is 7.48. The second-order valence-corrected chi connectivity index (χ2v) is 5.46. The largest absolute Gasteiger partial charge is 0.493 e. The lowest BCUT2D eigenvalue weighted by molar-refractivity contribution is 0.109. The van der Waals surface area contributed by atoms with E-state index >= 15 is 0 Å². The Morgan fingerprint density at radius 1 is 1.30 bits per heavy atom. The first kappa shape index (κ1) is 15.1. The van der Waals surface area contributed by atoms with Gasteiger partial charge in [0.2, 0.25) is 0 Å². The standard InChI is InChI=1S/C16H26N2O2/c1-13(17)14-7-5-6-10-18(14)11-12-20-16-9-4-3-8-15(16)19-2/h3-4,8-9,13-14H,5-7,10-12,17H2,1-2H3. The van der Waals surface area contributed by atoms with Gasteiger partial charge >= 0.3 is 0 Å². The quantitative estimate of drug-likeness (QED) is 0.867. The number of nitrogens with zero attached hydrogens (tertiary/aromatic N) is 1. The Bertz CT molecular complexity index is 409. The molecule has 1 saturated heterocycles. The first-order chi connectivity index (χ1) is 9.72. The molecule has 0 radical (unpaired) electrons. The minimum atomic E-state index is 0.224. The topological polar surface area (TPSA) is 47.7 Å². The Balaban J connectivity index is 1.85. The molecule has 1 aromatic rings. The molecule has 2 unspecified atom stereocenters. The molecule has 2 rings (SSSR count). The highest BCUT2D eigenvalue weighted by Gasteiger charge is 2.24. The number of nitrogens with two attached hydrogens (primary N) is 1. The molecule has 0 amide bonds. The lowest BCUT2D eigenvalue weighted by Gasteiger charge is -2.37. The Morgan fingerprint density at radius 3 is 2.75 bits per heavy atom. The molecular weight excluding hydrogens is 252 g/mol. The zero-order valence-electron chi connectivity index (χ0n) is 12.5. The van der Waals surface area contributed by atoms with Crippen molar-refractivity contribution in [3.63, 3.8) is 0 Å². The van der Waals surface area contributed by atoms with Gasteiger partial charge in [0.1, 0.15) is 6.61 Å². The maximum absolute atomic E-state index is 6.08. The minimum absolute atomic E-state index is 0.224. The van der Waals surface area contributed by atoms with Crippen molar-refractivity contribution >= 4 is 0 Å². The highest BCUT2D eigenvalue weighted by Crippen LogP contribution is 2.26. The summed E-state index contributed by atoms with van der Waals surface area (Å²) in [7, 11) is 1.67. The van der Waals surface area contributed by atoms with E-state index in [0.29, 0.717) is 12.6 Å². The highest BCUT2D eigenvalue weighted by molar-refractivity contribution is 5.39. The fourth-order valence-corrected chi connectivity index (χ4v) is 2.90. The normalized spacial score (nSPS) is 21.4. The van der Waals surface area contributed by atoms with Crippen molar-refractivity contribution in [3.05, 3.63) is 24.3 Å². The number of methoxy groups -OCH3 is 1. The van der Waals surface area contributed by atoms with E-state index in [9.17, 15) is 0 Å². The van der Waals surface area contributed by atoms with E-state index in [0.717, 1.165) is 24.6 Å². The monoisotopic (exact) mass is 278 g/mol. The second kappa shape index (κ2) is 7.50. The zero-order chi connectivity index (χ0) is 14.4. The summed E-state index contributed by atoms with van der Waals surface area (Å²) in [5, 5.41) is 0. The molecule has 1 aliphatic heterocycles. The third-order valence-corrected chi connectivity index (χ3v) is 3.98. The molecule has 0 saturated carbocycles. The molecule has 20 heavy (non-hydrogen) atoms. The Hall–Kier alpha value is -1.26. The van der Waals surface area contributed by atoms with Crippen molar-refractivity contribution in [1.29, 1.82) is 0 Å². The van der Waals surface area contributed by atoms with Crippen LogP contribution in [0.1, 0.15) is 26.2 Å². The number of benzene rings is 1. The highest BCUT2D eigenvalue weighted by atomic mass is 16.5. The van der Waals surface area contributed by atoms with Gasteiger partial charge in [-0.1, -0.05) is 18.6 Å². The molecule has 4 nitrogen and oxygen atoms in total. The molecule has 0 aliphatic carbocycles. The first-order valence-electron chi connectivity index (χ1n) is 7.48. The lowest BCUT2D eigenvalue weighted by atomic mass is 9.97. The van der Waals surface area contributed by atoms with Gasteiger partial charge < -0.3 is 15.2 Å². The van der Waals surface area contributed by atoms with Crippen LogP contribution >= 0.6 is 0 Å². The maximum atomic E-state index is 6.08. The van der Waals surface area contributed by atoms with Crippen LogP contribution in [-0.4, -0.2) is 43.8 Å². The molecule has 1 fully saturated rings. The molecule has 1 aliphatic rings. The van der Waals surface area contributed by atoms with Crippen LogP contribution in [0, 0.1) is 0 Å². The molecule has 0 aromatic heterocycles. The molecule has 2 atom stereocenters. The van der Waals surface area contributed by atoms with Gasteiger partial charge in [0.25, 0.3) is 0 Å². The Morgan fingerprint density at radius 2 is 2.05 bits per heavy atom. The van der Waals surface area contributed by atoms with Gasteiger partial charge in [-0.3, -0.25) is 4.90 Å². The zero-order valence-corrected chi connectivity index (χ0v) is 12.5. The summed E-state index contributed by atoms with van der Waals surface area (Å²) in [6.45, 7) is 4.82. The van der Waals surface area contributed by atoms with E-state index in [2.05, 4.69) is 11.8 Å². The summed E-state index contributed by atoms with van der Waals surface area (Å²) < 4.78 is 11.1. The summed E-state index contributed by atoms with van der Waals surface area (Å²) in [5.74, 6) is 1.60. The maximum Gasteiger partial charge on any atom is 0.161 e. The number of hydrogen-bond acceptors (Lipinski definition) is 4. The number of hydrogen-bond donors (Lipinski definition) is 1. The Kier molecular flexibility index (Phi) is 5.68. The summed E-state index contributed by atoms with van der Waals surface area (Å²) in [6.07, 6.45) is 3.75. The van der Waals surface area contributed by atoms with Crippen molar-refractivity contribution in [2.75, 3.05) is 26.8 Å². The molecule has 1 aromatic carbocycles. The van der Waals surface area contributed by atoms with E-state index < -0.39 is 0 Å². The molecular formula is C16H26N2O2. The lowest BCUT2D eigenvalue weighted by Crippen LogP contribution is -2.50. The van der Waals surface area contributed by atoms with Crippen molar-refractivity contribution in [2.45, 2.75) is 38.3 Å². The Labute approximate surface area is 121 Å². The van der Waals surface area contributed by atoms with Gasteiger partial charge in [0.15, 0.2) is 11.5 Å². The van der Waals surface area contributed by atoms with E-state index in [4.69, 9.17) is 15.2 Å². The van der Waals surface area contributed by atoms with Crippen LogP contribution in [0.4, 0.5) is 0 Å². The summed E-state index contributed by atoms with van der Waals surface area (Å²) in [5.41, 5.74) is 6.08. The summed E-state index contributed by atoms with van der Waals surface area (Å²) in [6, 6.07) is 8.48. The number of para-hydroxylation sites is 2. The molecule has 0 bridgehead atoms. The number of likely N-dealkylation sites (tertiary alicyclic amines) is 1. The van der Waals surface area contributed by atoms with E-state index in [1.165, 1.54) is 19.3 Å². The molecule has 2 N–H and O–H groups in total. The van der Waals surface area contributed by atoms with Crippen LogP contribution in [0.2, 0.25) is 0 Å². The third kappa shape index (κ3) is 3.87. The van der Waals surface area contributed by atoms with Crippen LogP contribution in [0.25, 0.3) is 0 Å². The fourth-order valence-electron chi connectivity index (χ4n) is 2.90. The SMILES string of the molecule is COc1ccccc1OCCN1CCCCC1C(C)N. The van der Waals surface area contributed by atoms with Gasteiger partial charge in [-0.15, -0.1) is 0 Å². The fraction of sp³-hybridized carbons (Fsp3) is 0.625. The van der Waals surface area contributed by atoms with Gasteiger partial charge in [-0.2, -0.15) is 0 Å². The smallest absolute Gasteiger partial charge is 0.161 e. The number of ether oxygens (including phenoxy) is 2. The van der Waals surface area contributed by atoms with Crippen LogP contribution < -0.4 is 15.2 Å². The van der Waals surface area contributed by atoms with E-state index in [1.807, 2.05) is 24.3 Å². The molecule has 4 heteroatoms. The predicted molar refractivity (Wildman–Crippen MR) is 81.4 cm³/mol. The van der Waals surface area contributed by atoms with Gasteiger partial charge in [0, 0.05) is 18.6 Å². The van der Waals surface area contributed by atoms with Crippen LogP contribution in [0.15, 0.2) is 24.3 Å². The van der Waals surface area contributed by atoms with Gasteiger partial charge in [-0.25, -0.2) is 0 Å². The number of piperidine rings is 1. The minimum Gasteiger partial charge on any atom is -0.493 e. The van der Waals surface area contributed by atoms with Crippen LogP contribution in [0.5, 0.6) is 11.5 Å². The molecule has 112 valence electrons. The molecule has 0 spiro atoms. The van der Waals surface area contributed by atoms with Crippen molar-refractivity contribution in [3.8, 4) is 11.5 Å². The van der Waals surface area contributed by atoms with E-state index in [-0.39, 0.29) is 6.04 Å². The molecule has 1 heterocycles. The summed E-state index contributed by atoms with van der Waals surface area (Å²) >= 11 is 0. The average Bonchev–Trinajstić information content (AvgIpc) is 2.48. The van der Waals surface area contributed by atoms with E-state index in [1.54, 1.807) is 7.11 Å². The van der Waals surface area contributed by atoms with Crippen molar-refractivity contribution < 1.29 is 9.47 Å². The van der Waals surface area contributed by atoms with Crippen LogP contribution in [0.3, 0.4) is 0 Å². The third-order valence-electron chi connectivity index (χ3n) is 3.98.